The Kier molecular flexibility index (Phi) is 4.06. The van der Waals surface area contributed by atoms with Gasteiger partial charge in [0.15, 0.2) is 0 Å². The maximum absolute atomic E-state index is 6.03. The number of rotatable bonds is 3. The first kappa shape index (κ1) is 12.4. The van der Waals surface area contributed by atoms with Gasteiger partial charge in [0.2, 0.25) is 0 Å². The van der Waals surface area contributed by atoms with Crippen molar-refractivity contribution in [3.63, 3.8) is 0 Å². The van der Waals surface area contributed by atoms with Gasteiger partial charge in [-0.05, 0) is 50.4 Å². The second kappa shape index (κ2) is 5.54. The fourth-order valence-electron chi connectivity index (χ4n) is 2.67. The minimum absolute atomic E-state index is 0.938. The fraction of sp³-hybridized carbons (Fsp3) is 0.600. The van der Waals surface area contributed by atoms with E-state index < -0.39 is 0 Å². The first-order chi connectivity index (χ1) is 8.19. The van der Waals surface area contributed by atoms with Gasteiger partial charge >= 0.3 is 0 Å². The van der Waals surface area contributed by atoms with Crippen LogP contribution >= 0.6 is 0 Å². The molecule has 0 bridgehead atoms. The van der Waals surface area contributed by atoms with E-state index in [2.05, 4.69) is 30.9 Å². The van der Waals surface area contributed by atoms with Gasteiger partial charge < -0.3 is 5.73 Å². The zero-order chi connectivity index (χ0) is 12.3. The molecule has 1 aromatic carbocycles. The van der Waals surface area contributed by atoms with E-state index in [0.29, 0.717) is 0 Å². The van der Waals surface area contributed by atoms with Crippen molar-refractivity contribution in [2.45, 2.75) is 39.7 Å². The summed E-state index contributed by atoms with van der Waals surface area (Å²) in [6.45, 7) is 7.91. The third kappa shape index (κ3) is 3.22. The van der Waals surface area contributed by atoms with Crippen LogP contribution in [0.2, 0.25) is 0 Å². The topological polar surface area (TPSA) is 29.3 Å². The third-order valence-corrected chi connectivity index (χ3v) is 3.98. The van der Waals surface area contributed by atoms with Crippen LogP contribution in [0.5, 0.6) is 0 Å². The van der Waals surface area contributed by atoms with E-state index in [1.807, 2.05) is 6.07 Å². The zero-order valence-electron chi connectivity index (χ0n) is 11.1. The lowest BCUT2D eigenvalue weighted by Crippen LogP contribution is -2.33. The highest BCUT2D eigenvalue weighted by atomic mass is 15.1. The third-order valence-electron chi connectivity index (χ3n) is 3.98. The highest BCUT2D eigenvalue weighted by molar-refractivity contribution is 5.48. The number of aryl methyl sites for hydroxylation is 1. The van der Waals surface area contributed by atoms with E-state index >= 15 is 0 Å². The van der Waals surface area contributed by atoms with Gasteiger partial charge in [-0.25, -0.2) is 0 Å². The molecule has 0 amide bonds. The number of hydrogen-bond donors (Lipinski definition) is 1. The van der Waals surface area contributed by atoms with Crippen molar-refractivity contribution < 1.29 is 0 Å². The molecule has 0 radical (unpaired) electrons. The number of piperidine rings is 1. The number of hydrogen-bond acceptors (Lipinski definition) is 2. The van der Waals surface area contributed by atoms with E-state index in [1.165, 1.54) is 43.5 Å². The lowest BCUT2D eigenvalue weighted by Gasteiger charge is -2.31. The van der Waals surface area contributed by atoms with Crippen LogP contribution in [0.4, 0.5) is 5.69 Å². The largest absolute Gasteiger partial charge is 0.398 e. The number of benzene rings is 1. The molecule has 0 atom stereocenters. The summed E-state index contributed by atoms with van der Waals surface area (Å²) in [5.74, 6) is 0.945. The maximum Gasteiger partial charge on any atom is 0.0359 e. The van der Waals surface area contributed by atoms with Gasteiger partial charge in [-0.2, -0.15) is 0 Å². The highest BCUT2D eigenvalue weighted by Gasteiger charge is 2.18. The molecule has 1 aliphatic rings. The molecule has 94 valence electrons. The van der Waals surface area contributed by atoms with Crippen molar-refractivity contribution in [2.24, 2.45) is 5.92 Å². The van der Waals surface area contributed by atoms with Gasteiger partial charge in [0, 0.05) is 12.2 Å². The minimum atomic E-state index is 0.938. The molecule has 0 aromatic heterocycles. The average Bonchev–Trinajstić information content (AvgIpc) is 2.35. The van der Waals surface area contributed by atoms with Crippen LogP contribution in [0.1, 0.15) is 37.3 Å². The molecule has 2 heteroatoms. The van der Waals surface area contributed by atoms with Crippen LogP contribution in [0.25, 0.3) is 0 Å². The summed E-state index contributed by atoms with van der Waals surface area (Å²) >= 11 is 0. The second-order valence-electron chi connectivity index (χ2n) is 5.33. The molecular weight excluding hydrogens is 208 g/mol. The monoisotopic (exact) mass is 232 g/mol. The Bertz CT molecular complexity index is 365. The van der Waals surface area contributed by atoms with E-state index in [-0.39, 0.29) is 0 Å². The Morgan fingerprint density at radius 1 is 1.29 bits per heavy atom. The molecule has 1 fully saturated rings. The molecule has 2 nitrogen and oxygen atoms in total. The van der Waals surface area contributed by atoms with Gasteiger partial charge in [-0.15, -0.1) is 0 Å². The van der Waals surface area contributed by atoms with E-state index in [9.17, 15) is 0 Å². The number of nitrogens with two attached hydrogens (primary N) is 1. The van der Waals surface area contributed by atoms with Crippen molar-refractivity contribution in [3.8, 4) is 0 Å². The van der Waals surface area contributed by atoms with E-state index in [4.69, 9.17) is 5.73 Å². The summed E-state index contributed by atoms with van der Waals surface area (Å²) in [4.78, 5) is 2.54. The average molecular weight is 232 g/mol. The van der Waals surface area contributed by atoms with Crippen molar-refractivity contribution in [2.75, 3.05) is 18.8 Å². The maximum atomic E-state index is 6.03. The molecule has 2 rings (SSSR count). The molecule has 1 saturated heterocycles. The van der Waals surface area contributed by atoms with Gasteiger partial charge in [0.25, 0.3) is 0 Å². The Morgan fingerprint density at radius 3 is 2.65 bits per heavy atom. The van der Waals surface area contributed by atoms with Crippen LogP contribution in [0.15, 0.2) is 18.2 Å². The zero-order valence-corrected chi connectivity index (χ0v) is 11.1. The Morgan fingerprint density at radius 2 is 2.00 bits per heavy atom. The van der Waals surface area contributed by atoms with Crippen molar-refractivity contribution in [3.05, 3.63) is 29.3 Å². The van der Waals surface area contributed by atoms with Crippen LogP contribution in [-0.2, 0) is 6.54 Å². The van der Waals surface area contributed by atoms with Crippen LogP contribution in [0, 0.1) is 12.8 Å². The van der Waals surface area contributed by atoms with Crippen molar-refractivity contribution >= 4 is 5.69 Å². The fourth-order valence-corrected chi connectivity index (χ4v) is 2.67. The quantitative estimate of drug-likeness (QED) is 0.811. The van der Waals surface area contributed by atoms with Crippen LogP contribution in [-0.4, -0.2) is 18.0 Å². The number of anilines is 1. The van der Waals surface area contributed by atoms with Crippen LogP contribution in [0.3, 0.4) is 0 Å². The van der Waals surface area contributed by atoms with Gasteiger partial charge in [0.1, 0.15) is 0 Å². The Labute approximate surface area is 105 Å². The normalized spacial score (nSPS) is 18.5. The second-order valence-corrected chi connectivity index (χ2v) is 5.33. The lowest BCUT2D eigenvalue weighted by atomic mass is 9.94. The first-order valence-electron chi connectivity index (χ1n) is 6.76. The Hall–Kier alpha value is -1.02. The predicted octanol–water partition coefficient (Wildman–Crippen LogP) is 3.20. The predicted molar refractivity (Wildman–Crippen MR) is 73.9 cm³/mol. The summed E-state index contributed by atoms with van der Waals surface area (Å²) in [5.41, 5.74) is 9.57. The van der Waals surface area contributed by atoms with E-state index in [1.54, 1.807) is 0 Å². The molecule has 0 spiro atoms. The SMILES string of the molecule is CCC1CCN(Cc2cc(C)ccc2N)CC1. The summed E-state index contributed by atoms with van der Waals surface area (Å²) in [7, 11) is 0. The van der Waals surface area contributed by atoms with Crippen molar-refractivity contribution in [1.29, 1.82) is 0 Å². The number of nitrogens with zero attached hydrogens (tertiary/aromatic N) is 1. The standard InChI is InChI=1S/C15H24N2/c1-3-13-6-8-17(9-7-13)11-14-10-12(2)4-5-15(14)16/h4-5,10,13H,3,6-9,11,16H2,1-2H3. The molecule has 1 heterocycles. The molecule has 2 N–H and O–H groups in total. The van der Waals surface area contributed by atoms with Crippen molar-refractivity contribution in [1.82, 2.24) is 4.90 Å². The Balaban J connectivity index is 1.95. The smallest absolute Gasteiger partial charge is 0.0359 e. The summed E-state index contributed by atoms with van der Waals surface area (Å²) in [6, 6.07) is 6.34. The molecule has 0 aliphatic carbocycles. The molecule has 17 heavy (non-hydrogen) atoms. The molecular formula is C15H24N2. The first-order valence-corrected chi connectivity index (χ1v) is 6.76. The summed E-state index contributed by atoms with van der Waals surface area (Å²) in [6.07, 6.45) is 4.03. The summed E-state index contributed by atoms with van der Waals surface area (Å²) in [5, 5.41) is 0. The highest BCUT2D eigenvalue weighted by Crippen LogP contribution is 2.23. The molecule has 1 aromatic rings. The number of nitrogen functional groups attached to an aromatic ring is 1. The molecule has 1 aliphatic heterocycles. The lowest BCUT2D eigenvalue weighted by molar-refractivity contribution is 0.175. The number of likely N-dealkylation sites (tertiary alicyclic amines) is 1. The summed E-state index contributed by atoms with van der Waals surface area (Å²) < 4.78 is 0. The van der Waals surface area contributed by atoms with Gasteiger partial charge in [-0.3, -0.25) is 4.90 Å². The van der Waals surface area contributed by atoms with E-state index in [0.717, 1.165) is 18.2 Å². The van der Waals surface area contributed by atoms with Gasteiger partial charge in [0.05, 0.1) is 0 Å². The van der Waals surface area contributed by atoms with Gasteiger partial charge in [-0.1, -0.05) is 31.0 Å². The molecule has 0 unspecified atom stereocenters. The van der Waals surface area contributed by atoms with Crippen LogP contribution < -0.4 is 5.73 Å². The minimum Gasteiger partial charge on any atom is -0.398 e. The molecule has 0 saturated carbocycles.